The van der Waals surface area contributed by atoms with E-state index in [2.05, 4.69) is 40.0 Å². The predicted octanol–water partition coefficient (Wildman–Crippen LogP) is 3.59. The van der Waals surface area contributed by atoms with Crippen molar-refractivity contribution in [1.82, 2.24) is 10.2 Å². The van der Waals surface area contributed by atoms with E-state index in [1.165, 1.54) is 43.5 Å². The van der Waals surface area contributed by atoms with Crippen molar-refractivity contribution in [3.8, 4) is 0 Å². The van der Waals surface area contributed by atoms with Crippen LogP contribution in [0.1, 0.15) is 46.3 Å². The molecule has 0 aliphatic carbocycles. The molecule has 1 aliphatic rings. The summed E-state index contributed by atoms with van der Waals surface area (Å²) < 4.78 is 1.01. The molecule has 4 heteroatoms. The maximum absolute atomic E-state index is 12.4. The molecule has 0 unspecified atom stereocenters. The summed E-state index contributed by atoms with van der Waals surface area (Å²) in [6.07, 6.45) is 3.92. The van der Waals surface area contributed by atoms with E-state index in [1.807, 2.05) is 13.0 Å². The van der Waals surface area contributed by atoms with Crippen LogP contribution in [0, 0.1) is 20.8 Å². The lowest BCUT2D eigenvalue weighted by Crippen LogP contribution is -2.37. The zero-order chi connectivity index (χ0) is 15.4. The Morgan fingerprint density at radius 3 is 2.48 bits per heavy atom. The van der Waals surface area contributed by atoms with Gasteiger partial charge in [-0.05, 0) is 69.5 Å². The first-order chi connectivity index (χ1) is 10.0. The van der Waals surface area contributed by atoms with Gasteiger partial charge in [0.1, 0.15) is 0 Å². The SMILES string of the molecule is Cc1c(Br)cc(C(=O)NCCN2CCCCC2)c(C)c1C. The second-order valence-electron chi connectivity index (χ2n) is 5.94. The molecule has 21 heavy (non-hydrogen) atoms. The number of nitrogens with zero attached hydrogens (tertiary/aromatic N) is 1. The van der Waals surface area contributed by atoms with Crippen LogP contribution >= 0.6 is 15.9 Å². The Morgan fingerprint density at radius 2 is 1.81 bits per heavy atom. The van der Waals surface area contributed by atoms with Crippen molar-refractivity contribution in [3.63, 3.8) is 0 Å². The Balaban J connectivity index is 1.94. The summed E-state index contributed by atoms with van der Waals surface area (Å²) in [5.41, 5.74) is 4.25. The molecule has 1 N–H and O–H groups in total. The quantitative estimate of drug-likeness (QED) is 0.897. The minimum atomic E-state index is 0.0355. The average molecular weight is 353 g/mol. The van der Waals surface area contributed by atoms with Gasteiger partial charge in [-0.2, -0.15) is 0 Å². The molecule has 0 atom stereocenters. The summed E-state index contributed by atoms with van der Waals surface area (Å²) in [6.45, 7) is 10.2. The van der Waals surface area contributed by atoms with E-state index < -0.39 is 0 Å². The van der Waals surface area contributed by atoms with Crippen molar-refractivity contribution in [2.45, 2.75) is 40.0 Å². The van der Waals surface area contributed by atoms with Crippen molar-refractivity contribution < 1.29 is 4.79 Å². The highest BCUT2D eigenvalue weighted by Gasteiger charge is 2.15. The molecular weight excluding hydrogens is 328 g/mol. The first-order valence-electron chi connectivity index (χ1n) is 7.77. The molecule has 1 aromatic rings. The lowest BCUT2D eigenvalue weighted by Gasteiger charge is -2.26. The molecule has 1 amide bonds. The standard InChI is InChI=1S/C17H25BrN2O/c1-12-13(2)15(11-16(18)14(12)3)17(21)19-7-10-20-8-5-4-6-9-20/h11H,4-10H2,1-3H3,(H,19,21). The van der Waals surface area contributed by atoms with E-state index in [0.29, 0.717) is 0 Å². The molecule has 1 saturated heterocycles. The van der Waals surface area contributed by atoms with Gasteiger partial charge in [-0.15, -0.1) is 0 Å². The van der Waals surface area contributed by atoms with Gasteiger partial charge < -0.3 is 10.2 Å². The average Bonchev–Trinajstić information content (AvgIpc) is 2.49. The summed E-state index contributed by atoms with van der Waals surface area (Å²) in [6, 6.07) is 1.94. The van der Waals surface area contributed by atoms with Crippen LogP contribution in [0.2, 0.25) is 0 Å². The van der Waals surface area contributed by atoms with Crippen molar-refractivity contribution >= 4 is 21.8 Å². The number of hydrogen-bond donors (Lipinski definition) is 1. The number of nitrogens with one attached hydrogen (secondary N) is 1. The molecule has 1 heterocycles. The van der Waals surface area contributed by atoms with Gasteiger partial charge in [0.05, 0.1) is 0 Å². The lowest BCUT2D eigenvalue weighted by atomic mass is 9.98. The summed E-state index contributed by atoms with van der Waals surface area (Å²) >= 11 is 3.54. The van der Waals surface area contributed by atoms with Crippen LogP contribution in [-0.2, 0) is 0 Å². The van der Waals surface area contributed by atoms with Gasteiger partial charge in [0.15, 0.2) is 0 Å². The molecule has 0 bridgehead atoms. The van der Waals surface area contributed by atoms with Crippen LogP contribution in [-0.4, -0.2) is 37.0 Å². The Hall–Kier alpha value is -0.870. The van der Waals surface area contributed by atoms with Crippen molar-refractivity contribution in [1.29, 1.82) is 0 Å². The number of piperidine rings is 1. The molecule has 1 aromatic carbocycles. The minimum Gasteiger partial charge on any atom is -0.351 e. The number of halogens is 1. The normalized spacial score (nSPS) is 16.0. The topological polar surface area (TPSA) is 32.3 Å². The zero-order valence-electron chi connectivity index (χ0n) is 13.3. The summed E-state index contributed by atoms with van der Waals surface area (Å²) in [4.78, 5) is 14.8. The number of carbonyl (C=O) groups excluding carboxylic acids is 1. The fourth-order valence-electron chi connectivity index (χ4n) is 2.85. The largest absolute Gasteiger partial charge is 0.351 e. The van der Waals surface area contributed by atoms with Crippen molar-refractivity contribution in [2.24, 2.45) is 0 Å². The molecule has 0 spiro atoms. The summed E-state index contributed by atoms with van der Waals surface area (Å²) in [5.74, 6) is 0.0355. The fourth-order valence-corrected chi connectivity index (χ4v) is 3.37. The third-order valence-corrected chi connectivity index (χ3v) is 5.39. The maximum Gasteiger partial charge on any atom is 0.251 e. The smallest absolute Gasteiger partial charge is 0.251 e. The van der Waals surface area contributed by atoms with Crippen molar-refractivity contribution in [2.75, 3.05) is 26.2 Å². The number of carbonyl (C=O) groups is 1. The predicted molar refractivity (Wildman–Crippen MR) is 91.0 cm³/mol. The Labute approximate surface area is 136 Å². The molecule has 2 rings (SSSR count). The molecule has 3 nitrogen and oxygen atoms in total. The van der Waals surface area contributed by atoms with Gasteiger partial charge in [0.25, 0.3) is 5.91 Å². The van der Waals surface area contributed by atoms with E-state index in [0.717, 1.165) is 28.7 Å². The lowest BCUT2D eigenvalue weighted by molar-refractivity contribution is 0.0946. The van der Waals surface area contributed by atoms with Gasteiger partial charge in [-0.1, -0.05) is 22.4 Å². The number of rotatable bonds is 4. The van der Waals surface area contributed by atoms with E-state index >= 15 is 0 Å². The number of hydrogen-bond acceptors (Lipinski definition) is 2. The Bertz CT molecular complexity index is 522. The highest BCUT2D eigenvalue weighted by molar-refractivity contribution is 9.10. The molecule has 116 valence electrons. The minimum absolute atomic E-state index is 0.0355. The second-order valence-corrected chi connectivity index (χ2v) is 6.79. The summed E-state index contributed by atoms with van der Waals surface area (Å²) in [5, 5.41) is 3.06. The van der Waals surface area contributed by atoms with Gasteiger partial charge in [0, 0.05) is 23.1 Å². The molecule has 1 aliphatic heterocycles. The Kier molecular flexibility index (Phi) is 5.82. The molecule has 0 radical (unpaired) electrons. The first kappa shape index (κ1) is 16.5. The van der Waals surface area contributed by atoms with Crippen LogP contribution in [0.25, 0.3) is 0 Å². The van der Waals surface area contributed by atoms with Crippen LogP contribution in [0.5, 0.6) is 0 Å². The molecule has 0 saturated carbocycles. The van der Waals surface area contributed by atoms with Crippen LogP contribution < -0.4 is 5.32 Å². The number of likely N-dealkylation sites (tertiary alicyclic amines) is 1. The van der Waals surface area contributed by atoms with Gasteiger partial charge >= 0.3 is 0 Å². The van der Waals surface area contributed by atoms with Crippen LogP contribution in [0.15, 0.2) is 10.5 Å². The third kappa shape index (κ3) is 4.07. The highest BCUT2D eigenvalue weighted by atomic mass is 79.9. The fraction of sp³-hybridized carbons (Fsp3) is 0.588. The summed E-state index contributed by atoms with van der Waals surface area (Å²) in [7, 11) is 0. The van der Waals surface area contributed by atoms with E-state index in [1.54, 1.807) is 0 Å². The molecule has 0 aromatic heterocycles. The monoisotopic (exact) mass is 352 g/mol. The highest BCUT2D eigenvalue weighted by Crippen LogP contribution is 2.25. The van der Waals surface area contributed by atoms with Crippen LogP contribution in [0.3, 0.4) is 0 Å². The second kappa shape index (κ2) is 7.41. The molecule has 1 fully saturated rings. The van der Waals surface area contributed by atoms with Gasteiger partial charge in [-0.25, -0.2) is 0 Å². The number of amides is 1. The number of benzene rings is 1. The van der Waals surface area contributed by atoms with Gasteiger partial charge in [-0.3, -0.25) is 4.79 Å². The van der Waals surface area contributed by atoms with E-state index in [9.17, 15) is 4.79 Å². The van der Waals surface area contributed by atoms with E-state index in [4.69, 9.17) is 0 Å². The first-order valence-corrected chi connectivity index (χ1v) is 8.57. The van der Waals surface area contributed by atoms with Gasteiger partial charge in [0.2, 0.25) is 0 Å². The third-order valence-electron chi connectivity index (χ3n) is 4.57. The van der Waals surface area contributed by atoms with Crippen molar-refractivity contribution in [3.05, 3.63) is 32.8 Å². The van der Waals surface area contributed by atoms with E-state index in [-0.39, 0.29) is 5.91 Å². The maximum atomic E-state index is 12.4. The zero-order valence-corrected chi connectivity index (χ0v) is 14.8. The van der Waals surface area contributed by atoms with Crippen LogP contribution in [0.4, 0.5) is 0 Å². The Morgan fingerprint density at radius 1 is 1.14 bits per heavy atom. The molecular formula is C17H25BrN2O.